The molecule has 0 radical (unpaired) electrons. The van der Waals surface area contributed by atoms with Gasteiger partial charge in [-0.25, -0.2) is 0 Å². The van der Waals surface area contributed by atoms with Crippen LogP contribution in [0.15, 0.2) is 54.8 Å². The number of nitrogens with two attached hydrogens (primary N) is 1. The van der Waals surface area contributed by atoms with Crippen molar-refractivity contribution in [3.05, 3.63) is 71.5 Å². The Labute approximate surface area is 132 Å². The van der Waals surface area contributed by atoms with E-state index in [1.807, 2.05) is 0 Å². The molecule has 2 nitrogen and oxygen atoms in total. The molecule has 0 atom stereocenters. The first-order chi connectivity index (χ1) is 10.5. The number of benzene rings is 2. The maximum Gasteiger partial charge on any atom is 0.217 e. The van der Waals surface area contributed by atoms with Crippen molar-refractivity contribution in [2.45, 2.75) is 26.7 Å². The highest BCUT2D eigenvalue weighted by molar-refractivity contribution is 5.78. The van der Waals surface area contributed by atoms with Crippen molar-refractivity contribution in [1.82, 2.24) is 0 Å². The lowest BCUT2D eigenvalue weighted by molar-refractivity contribution is -0.117. The molecule has 22 heavy (non-hydrogen) atoms. The van der Waals surface area contributed by atoms with Crippen LogP contribution in [0.1, 0.15) is 29.5 Å². The van der Waals surface area contributed by atoms with Gasteiger partial charge in [0.05, 0.1) is 0 Å². The highest BCUT2D eigenvalue weighted by atomic mass is 16.1. The van der Waals surface area contributed by atoms with Gasteiger partial charge in [0.2, 0.25) is 5.91 Å². The van der Waals surface area contributed by atoms with Gasteiger partial charge in [-0.2, -0.15) is 0 Å². The Balaban J connectivity index is 2.31. The van der Waals surface area contributed by atoms with Crippen molar-refractivity contribution in [3.8, 4) is 11.1 Å². The van der Waals surface area contributed by atoms with Gasteiger partial charge in [-0.1, -0.05) is 54.6 Å². The third-order valence-electron chi connectivity index (χ3n) is 3.77. The molecule has 2 aromatic carbocycles. The molecule has 0 unspecified atom stereocenters. The first-order valence-corrected chi connectivity index (χ1v) is 7.36. The predicted molar refractivity (Wildman–Crippen MR) is 92.3 cm³/mol. The third kappa shape index (κ3) is 3.75. The molecule has 2 heteroatoms. The van der Waals surface area contributed by atoms with Crippen LogP contribution in [-0.4, -0.2) is 5.91 Å². The minimum absolute atomic E-state index is 0.305. The lowest BCUT2D eigenvalue weighted by atomic mass is 9.94. The molecule has 0 aliphatic heterocycles. The van der Waals surface area contributed by atoms with E-state index in [0.717, 1.165) is 11.1 Å². The molecule has 2 aromatic rings. The molecular weight excluding hydrogens is 270 g/mol. The quantitative estimate of drug-likeness (QED) is 0.815. The Hall–Kier alpha value is -2.57. The van der Waals surface area contributed by atoms with E-state index < -0.39 is 0 Å². The molecule has 1 amide bonds. The van der Waals surface area contributed by atoms with Crippen molar-refractivity contribution in [2.24, 2.45) is 5.73 Å². The van der Waals surface area contributed by atoms with Crippen molar-refractivity contribution >= 4 is 11.5 Å². The number of hydrogen-bond donors (Lipinski definition) is 1. The van der Waals surface area contributed by atoms with Crippen LogP contribution < -0.4 is 5.73 Å². The minimum atomic E-state index is -0.305. The van der Waals surface area contributed by atoms with Gasteiger partial charge in [0.1, 0.15) is 0 Å². The molecule has 0 saturated heterocycles. The fourth-order valence-electron chi connectivity index (χ4n) is 2.49. The second-order valence-electron chi connectivity index (χ2n) is 5.52. The lowest BCUT2D eigenvalue weighted by Crippen LogP contribution is -2.09. The van der Waals surface area contributed by atoms with E-state index in [-0.39, 0.29) is 5.91 Å². The average Bonchev–Trinajstić information content (AvgIpc) is 2.49. The zero-order valence-corrected chi connectivity index (χ0v) is 13.1. The number of aryl methyl sites for hydroxylation is 2. The second kappa shape index (κ2) is 6.93. The maximum absolute atomic E-state index is 10.9. The first kappa shape index (κ1) is 15.8. The van der Waals surface area contributed by atoms with Gasteiger partial charge < -0.3 is 5.73 Å². The molecule has 0 spiro atoms. The molecule has 0 bridgehead atoms. The minimum Gasteiger partial charge on any atom is -0.370 e. The van der Waals surface area contributed by atoms with E-state index in [4.69, 9.17) is 5.73 Å². The number of carbonyl (C=O) groups is 1. The van der Waals surface area contributed by atoms with Crippen molar-refractivity contribution < 1.29 is 4.79 Å². The molecular formula is C20H21NO. The molecule has 112 valence electrons. The Morgan fingerprint density at radius 2 is 1.77 bits per heavy atom. The maximum atomic E-state index is 10.9. The highest BCUT2D eigenvalue weighted by Gasteiger charge is 2.07. The summed E-state index contributed by atoms with van der Waals surface area (Å²) < 4.78 is 0. The lowest BCUT2D eigenvalue weighted by Gasteiger charge is -2.10. The average molecular weight is 291 g/mol. The van der Waals surface area contributed by atoms with Gasteiger partial charge in [-0.15, -0.1) is 5.73 Å². The van der Waals surface area contributed by atoms with Gasteiger partial charge in [0.25, 0.3) is 0 Å². The van der Waals surface area contributed by atoms with Gasteiger partial charge in [-0.05, 0) is 42.5 Å². The molecule has 0 fully saturated rings. The van der Waals surface area contributed by atoms with Crippen molar-refractivity contribution in [2.75, 3.05) is 0 Å². The van der Waals surface area contributed by atoms with Crippen LogP contribution >= 0.6 is 0 Å². The van der Waals surface area contributed by atoms with E-state index in [0.29, 0.717) is 12.8 Å². The fourth-order valence-corrected chi connectivity index (χ4v) is 2.49. The number of hydrogen-bond acceptors (Lipinski definition) is 1. The van der Waals surface area contributed by atoms with E-state index in [9.17, 15) is 4.79 Å². The summed E-state index contributed by atoms with van der Waals surface area (Å²) in [4.78, 5) is 10.9. The van der Waals surface area contributed by atoms with Crippen LogP contribution in [0, 0.1) is 13.8 Å². The Morgan fingerprint density at radius 1 is 1.09 bits per heavy atom. The summed E-state index contributed by atoms with van der Waals surface area (Å²) in [5, 5.41) is 0. The summed E-state index contributed by atoms with van der Waals surface area (Å²) in [6.45, 7) is 7.89. The SMILES string of the molecule is C=C=C(CCC(N)=O)c1ccc(-c2ccc(C)cc2)c(C)c1. The highest BCUT2D eigenvalue weighted by Crippen LogP contribution is 2.28. The summed E-state index contributed by atoms with van der Waals surface area (Å²) in [5.74, 6) is -0.305. The Bertz CT molecular complexity index is 735. The molecule has 2 rings (SSSR count). The molecule has 0 aliphatic carbocycles. The number of primary amides is 1. The van der Waals surface area contributed by atoms with E-state index in [1.54, 1.807) is 0 Å². The van der Waals surface area contributed by atoms with Crippen molar-refractivity contribution in [1.29, 1.82) is 0 Å². The van der Waals surface area contributed by atoms with Gasteiger partial charge in [0, 0.05) is 12.0 Å². The molecule has 0 aromatic heterocycles. The van der Waals surface area contributed by atoms with E-state index >= 15 is 0 Å². The first-order valence-electron chi connectivity index (χ1n) is 7.36. The summed E-state index contributed by atoms with van der Waals surface area (Å²) in [5.41, 5.74) is 15.0. The second-order valence-corrected chi connectivity index (χ2v) is 5.52. The van der Waals surface area contributed by atoms with Crippen molar-refractivity contribution in [3.63, 3.8) is 0 Å². The molecule has 2 N–H and O–H groups in total. The normalized spacial score (nSPS) is 10.1. The van der Waals surface area contributed by atoms with E-state index in [2.05, 4.69) is 68.6 Å². The predicted octanol–water partition coefficient (Wildman–Crippen LogP) is 4.40. The monoisotopic (exact) mass is 291 g/mol. The number of amides is 1. The Morgan fingerprint density at radius 3 is 2.32 bits per heavy atom. The van der Waals surface area contributed by atoms with Crippen LogP contribution in [0.4, 0.5) is 0 Å². The third-order valence-corrected chi connectivity index (χ3v) is 3.77. The van der Waals surface area contributed by atoms with Gasteiger partial charge >= 0.3 is 0 Å². The van der Waals surface area contributed by atoms with Crippen LogP contribution in [0.5, 0.6) is 0 Å². The molecule has 0 heterocycles. The summed E-state index contributed by atoms with van der Waals surface area (Å²) in [6, 6.07) is 14.8. The number of carbonyl (C=O) groups excluding carboxylic acids is 1. The van der Waals surface area contributed by atoms with Gasteiger partial charge in [-0.3, -0.25) is 4.79 Å². The number of allylic oxidation sites excluding steroid dienone is 1. The van der Waals surface area contributed by atoms with Crippen LogP contribution in [0.2, 0.25) is 0 Å². The Kier molecular flexibility index (Phi) is 4.98. The smallest absolute Gasteiger partial charge is 0.217 e. The van der Waals surface area contributed by atoms with E-state index in [1.165, 1.54) is 22.3 Å². The number of rotatable bonds is 5. The molecule has 0 saturated carbocycles. The summed E-state index contributed by atoms with van der Waals surface area (Å²) in [6.07, 6.45) is 0.888. The van der Waals surface area contributed by atoms with Crippen LogP contribution in [-0.2, 0) is 4.79 Å². The summed E-state index contributed by atoms with van der Waals surface area (Å²) in [7, 11) is 0. The standard InChI is InChI=1S/C20H21NO/c1-4-16(10-12-20(21)22)18-9-11-19(15(3)13-18)17-7-5-14(2)6-8-17/h5-9,11,13H,1,10,12H2,2-3H3,(H2,21,22). The summed E-state index contributed by atoms with van der Waals surface area (Å²) >= 11 is 0. The topological polar surface area (TPSA) is 43.1 Å². The van der Waals surface area contributed by atoms with Crippen LogP contribution in [0.25, 0.3) is 16.7 Å². The zero-order chi connectivity index (χ0) is 16.1. The fraction of sp³-hybridized carbons (Fsp3) is 0.200. The molecule has 0 aliphatic rings. The van der Waals surface area contributed by atoms with Crippen LogP contribution in [0.3, 0.4) is 0 Å². The zero-order valence-electron chi connectivity index (χ0n) is 13.1. The van der Waals surface area contributed by atoms with Gasteiger partial charge in [0.15, 0.2) is 0 Å². The largest absolute Gasteiger partial charge is 0.370 e.